The van der Waals surface area contributed by atoms with Crippen molar-refractivity contribution in [1.29, 1.82) is 0 Å². The van der Waals surface area contributed by atoms with Crippen molar-refractivity contribution in [3.8, 4) is 5.75 Å². The molecule has 19 heavy (non-hydrogen) atoms. The van der Waals surface area contributed by atoms with Crippen LogP contribution >= 0.6 is 0 Å². The Labute approximate surface area is 117 Å². The van der Waals surface area contributed by atoms with Gasteiger partial charge in [0.15, 0.2) is 0 Å². The van der Waals surface area contributed by atoms with Gasteiger partial charge in [0.25, 0.3) is 0 Å². The van der Waals surface area contributed by atoms with Crippen LogP contribution in [0, 0.1) is 0 Å². The predicted molar refractivity (Wildman–Crippen MR) is 80.7 cm³/mol. The molecule has 0 radical (unpaired) electrons. The van der Waals surface area contributed by atoms with E-state index >= 15 is 0 Å². The van der Waals surface area contributed by atoms with Gasteiger partial charge in [0.1, 0.15) is 5.75 Å². The molecule has 2 nitrogen and oxygen atoms in total. The molecule has 1 fully saturated rings. The van der Waals surface area contributed by atoms with E-state index in [0.29, 0.717) is 12.1 Å². The lowest BCUT2D eigenvalue weighted by atomic mass is 10.0. The second-order valence-electron chi connectivity index (χ2n) is 5.55. The number of nitrogens with one attached hydrogen (secondary N) is 1. The van der Waals surface area contributed by atoms with Crippen molar-refractivity contribution in [3.05, 3.63) is 29.8 Å². The average molecular weight is 261 g/mol. The van der Waals surface area contributed by atoms with Gasteiger partial charge in [-0.1, -0.05) is 31.9 Å². The smallest absolute Gasteiger partial charge is 0.120 e. The van der Waals surface area contributed by atoms with Crippen molar-refractivity contribution in [2.24, 2.45) is 0 Å². The summed E-state index contributed by atoms with van der Waals surface area (Å²) in [4.78, 5) is 0. The number of hydrogen-bond acceptors (Lipinski definition) is 2. The van der Waals surface area contributed by atoms with Crippen LogP contribution in [-0.4, -0.2) is 13.2 Å². The standard InChI is InChI=1S/C17H27NO/c1-3-17(18-2)14-9-8-12-16(13-14)19-15-10-6-4-5-7-11-15/h8-9,12-13,15,17-18H,3-7,10-11H2,1-2H3. The van der Waals surface area contributed by atoms with Gasteiger partial charge in [-0.25, -0.2) is 0 Å². The fourth-order valence-corrected chi connectivity index (χ4v) is 2.96. The lowest BCUT2D eigenvalue weighted by Crippen LogP contribution is -2.17. The van der Waals surface area contributed by atoms with Crippen LogP contribution in [0.4, 0.5) is 0 Å². The maximum atomic E-state index is 6.19. The van der Waals surface area contributed by atoms with Gasteiger partial charge in [-0.05, 0) is 56.8 Å². The van der Waals surface area contributed by atoms with E-state index in [4.69, 9.17) is 4.74 Å². The molecule has 1 aromatic carbocycles. The molecule has 0 bridgehead atoms. The van der Waals surface area contributed by atoms with Crippen molar-refractivity contribution < 1.29 is 4.74 Å². The normalized spacial score (nSPS) is 18.8. The van der Waals surface area contributed by atoms with Gasteiger partial charge in [0, 0.05) is 6.04 Å². The average Bonchev–Trinajstić information content (AvgIpc) is 2.69. The van der Waals surface area contributed by atoms with Crippen molar-refractivity contribution in [2.45, 2.75) is 64.0 Å². The topological polar surface area (TPSA) is 21.3 Å². The van der Waals surface area contributed by atoms with Gasteiger partial charge >= 0.3 is 0 Å². The largest absolute Gasteiger partial charge is 0.490 e. The van der Waals surface area contributed by atoms with Gasteiger partial charge in [-0.3, -0.25) is 0 Å². The Hall–Kier alpha value is -1.02. The zero-order valence-corrected chi connectivity index (χ0v) is 12.3. The first-order chi connectivity index (χ1) is 9.33. The van der Waals surface area contributed by atoms with Crippen molar-refractivity contribution in [3.63, 3.8) is 0 Å². The van der Waals surface area contributed by atoms with Crippen LogP contribution in [0.1, 0.15) is 63.5 Å². The molecule has 0 saturated heterocycles. The Kier molecular flexibility index (Phi) is 5.71. The summed E-state index contributed by atoms with van der Waals surface area (Å²) in [6.45, 7) is 2.21. The molecule has 0 heterocycles. The van der Waals surface area contributed by atoms with Crippen LogP contribution in [0.25, 0.3) is 0 Å². The molecule has 0 aliphatic heterocycles. The first kappa shape index (κ1) is 14.4. The van der Waals surface area contributed by atoms with E-state index in [1.54, 1.807) is 0 Å². The van der Waals surface area contributed by atoms with Crippen molar-refractivity contribution in [1.82, 2.24) is 5.32 Å². The Morgan fingerprint density at radius 3 is 2.58 bits per heavy atom. The molecule has 2 rings (SSSR count). The monoisotopic (exact) mass is 261 g/mol. The molecule has 2 heteroatoms. The van der Waals surface area contributed by atoms with Gasteiger partial charge in [0.2, 0.25) is 0 Å². The Bertz CT molecular complexity index is 365. The van der Waals surface area contributed by atoms with Gasteiger partial charge in [0.05, 0.1) is 6.10 Å². The zero-order valence-electron chi connectivity index (χ0n) is 12.3. The summed E-state index contributed by atoms with van der Waals surface area (Å²) < 4.78 is 6.19. The first-order valence-electron chi connectivity index (χ1n) is 7.77. The molecular weight excluding hydrogens is 234 g/mol. The summed E-state index contributed by atoms with van der Waals surface area (Å²) in [6, 6.07) is 9.02. The fourth-order valence-electron chi connectivity index (χ4n) is 2.96. The molecule has 1 aliphatic carbocycles. The molecular formula is C17H27NO. The van der Waals surface area contributed by atoms with E-state index < -0.39 is 0 Å². The van der Waals surface area contributed by atoms with Gasteiger partial charge in [-0.2, -0.15) is 0 Å². The summed E-state index contributed by atoms with van der Waals surface area (Å²) >= 11 is 0. The third kappa shape index (κ3) is 4.24. The zero-order chi connectivity index (χ0) is 13.5. The quantitative estimate of drug-likeness (QED) is 0.790. The number of rotatable bonds is 5. The van der Waals surface area contributed by atoms with Crippen LogP contribution in [0.3, 0.4) is 0 Å². The van der Waals surface area contributed by atoms with E-state index in [9.17, 15) is 0 Å². The van der Waals surface area contributed by atoms with Gasteiger partial charge < -0.3 is 10.1 Å². The SMILES string of the molecule is CCC(NC)c1cccc(OC2CCCCCC2)c1. The summed E-state index contributed by atoms with van der Waals surface area (Å²) in [7, 11) is 2.02. The third-order valence-corrected chi connectivity index (χ3v) is 4.12. The molecule has 0 aromatic heterocycles. The van der Waals surface area contributed by atoms with Gasteiger partial charge in [-0.15, -0.1) is 0 Å². The summed E-state index contributed by atoms with van der Waals surface area (Å²) in [5, 5.41) is 3.35. The van der Waals surface area contributed by atoms with Crippen LogP contribution in [0.2, 0.25) is 0 Å². The number of hydrogen-bond donors (Lipinski definition) is 1. The molecule has 106 valence electrons. The minimum absolute atomic E-state index is 0.424. The minimum atomic E-state index is 0.424. The molecule has 1 N–H and O–H groups in total. The van der Waals surface area contributed by atoms with E-state index in [2.05, 4.69) is 36.5 Å². The number of ether oxygens (including phenoxy) is 1. The highest BCUT2D eigenvalue weighted by molar-refractivity contribution is 5.30. The summed E-state index contributed by atoms with van der Waals surface area (Å²) in [6.07, 6.45) is 9.34. The molecule has 1 unspecified atom stereocenters. The van der Waals surface area contributed by atoms with E-state index in [-0.39, 0.29) is 0 Å². The molecule has 1 aliphatic rings. The van der Waals surface area contributed by atoms with Crippen LogP contribution < -0.4 is 10.1 Å². The predicted octanol–water partition coefficient (Wildman–Crippen LogP) is 4.46. The van der Waals surface area contributed by atoms with Crippen molar-refractivity contribution >= 4 is 0 Å². The highest BCUT2D eigenvalue weighted by Crippen LogP contribution is 2.25. The Morgan fingerprint density at radius 1 is 1.21 bits per heavy atom. The van der Waals surface area contributed by atoms with E-state index in [0.717, 1.165) is 12.2 Å². The molecule has 1 saturated carbocycles. The Morgan fingerprint density at radius 2 is 1.95 bits per heavy atom. The van der Waals surface area contributed by atoms with Crippen LogP contribution in [0.5, 0.6) is 5.75 Å². The van der Waals surface area contributed by atoms with Crippen LogP contribution in [0.15, 0.2) is 24.3 Å². The van der Waals surface area contributed by atoms with E-state index in [1.807, 2.05) is 7.05 Å². The number of benzene rings is 1. The molecule has 1 atom stereocenters. The maximum Gasteiger partial charge on any atom is 0.120 e. The first-order valence-corrected chi connectivity index (χ1v) is 7.77. The van der Waals surface area contributed by atoms with E-state index in [1.165, 1.54) is 44.1 Å². The highest BCUT2D eigenvalue weighted by atomic mass is 16.5. The molecule has 0 amide bonds. The second-order valence-corrected chi connectivity index (χ2v) is 5.55. The maximum absolute atomic E-state index is 6.19. The lowest BCUT2D eigenvalue weighted by Gasteiger charge is -2.19. The Balaban J connectivity index is 2.01. The minimum Gasteiger partial charge on any atom is -0.490 e. The summed E-state index contributed by atoms with van der Waals surface area (Å²) in [5.74, 6) is 1.04. The van der Waals surface area contributed by atoms with Crippen molar-refractivity contribution in [2.75, 3.05) is 7.05 Å². The van der Waals surface area contributed by atoms with Crippen LogP contribution in [-0.2, 0) is 0 Å². The third-order valence-electron chi connectivity index (χ3n) is 4.12. The summed E-state index contributed by atoms with van der Waals surface area (Å²) in [5.41, 5.74) is 1.33. The lowest BCUT2D eigenvalue weighted by molar-refractivity contribution is 0.183. The molecule has 1 aromatic rings. The fraction of sp³-hybridized carbons (Fsp3) is 0.647. The highest BCUT2D eigenvalue weighted by Gasteiger charge is 2.14. The molecule has 0 spiro atoms. The second kappa shape index (κ2) is 7.54.